The van der Waals surface area contributed by atoms with Gasteiger partial charge in [-0.25, -0.2) is 0 Å². The van der Waals surface area contributed by atoms with Crippen molar-refractivity contribution in [3.05, 3.63) is 65.7 Å². The Labute approximate surface area is 160 Å². The Kier molecular flexibility index (Phi) is 4.59. The molecular formula is C20H16ClNO5. The van der Waals surface area contributed by atoms with Crippen LogP contribution in [0, 0.1) is 11.8 Å². The van der Waals surface area contributed by atoms with Crippen LogP contribution >= 0.6 is 11.6 Å². The van der Waals surface area contributed by atoms with Crippen molar-refractivity contribution in [2.75, 3.05) is 5.32 Å². The number of rotatable bonds is 5. The summed E-state index contributed by atoms with van der Waals surface area (Å²) in [5, 5.41) is 12.8. The van der Waals surface area contributed by atoms with Crippen LogP contribution in [-0.4, -0.2) is 29.2 Å². The van der Waals surface area contributed by atoms with E-state index in [-0.39, 0.29) is 5.91 Å². The van der Waals surface area contributed by atoms with Crippen molar-refractivity contribution in [2.24, 2.45) is 11.8 Å². The van der Waals surface area contributed by atoms with Gasteiger partial charge < -0.3 is 19.9 Å². The Balaban J connectivity index is 1.42. The monoisotopic (exact) mass is 385 g/mol. The van der Waals surface area contributed by atoms with Crippen molar-refractivity contribution < 1.29 is 24.2 Å². The number of ether oxygens (including phenoxy) is 2. The molecule has 1 saturated heterocycles. The Morgan fingerprint density at radius 1 is 0.926 bits per heavy atom. The van der Waals surface area contributed by atoms with Crippen LogP contribution in [0.3, 0.4) is 0 Å². The molecule has 1 fully saturated rings. The molecule has 0 unspecified atom stereocenters. The molecule has 1 amide bonds. The van der Waals surface area contributed by atoms with E-state index < -0.39 is 30.0 Å². The van der Waals surface area contributed by atoms with Gasteiger partial charge in [0.2, 0.25) is 5.91 Å². The van der Waals surface area contributed by atoms with Gasteiger partial charge in [0.1, 0.15) is 17.4 Å². The van der Waals surface area contributed by atoms with E-state index in [0.29, 0.717) is 22.2 Å². The van der Waals surface area contributed by atoms with Gasteiger partial charge in [-0.05, 0) is 48.5 Å². The van der Waals surface area contributed by atoms with Gasteiger partial charge in [-0.1, -0.05) is 23.8 Å². The first kappa shape index (κ1) is 17.6. The number of amides is 1. The molecule has 6 nitrogen and oxygen atoms in total. The Bertz CT molecular complexity index is 894. The van der Waals surface area contributed by atoms with Crippen LogP contribution in [0.15, 0.2) is 60.7 Å². The predicted molar refractivity (Wildman–Crippen MR) is 99.0 cm³/mol. The van der Waals surface area contributed by atoms with E-state index >= 15 is 0 Å². The summed E-state index contributed by atoms with van der Waals surface area (Å²) >= 11 is 5.85. The highest BCUT2D eigenvalue weighted by Gasteiger charge is 2.53. The SMILES string of the molecule is O=C(O)[C@H]1[C@H](C(=O)Nc2ccc(Oc3ccc(Cl)cc3)cc2)[C@H]2C=C[C@H]1O2. The second-order valence-electron chi connectivity index (χ2n) is 6.41. The maximum atomic E-state index is 12.6. The first-order valence-electron chi connectivity index (χ1n) is 8.42. The van der Waals surface area contributed by atoms with Crippen LogP contribution in [0.4, 0.5) is 5.69 Å². The number of carboxylic acid groups (broad SMARTS) is 1. The number of carbonyl (C=O) groups is 2. The van der Waals surface area contributed by atoms with Crippen molar-refractivity contribution in [2.45, 2.75) is 12.2 Å². The third-order valence-electron chi connectivity index (χ3n) is 4.66. The van der Waals surface area contributed by atoms with E-state index in [4.69, 9.17) is 21.1 Å². The fourth-order valence-corrected chi connectivity index (χ4v) is 3.51. The molecule has 2 aliphatic heterocycles. The van der Waals surface area contributed by atoms with E-state index in [2.05, 4.69) is 5.32 Å². The lowest BCUT2D eigenvalue weighted by Gasteiger charge is -2.21. The normalized spacial score (nSPS) is 25.4. The molecule has 138 valence electrons. The summed E-state index contributed by atoms with van der Waals surface area (Å²) in [4.78, 5) is 24.1. The quantitative estimate of drug-likeness (QED) is 0.766. The number of benzene rings is 2. The Morgan fingerprint density at radius 2 is 1.48 bits per heavy atom. The van der Waals surface area contributed by atoms with Crippen molar-refractivity contribution >= 4 is 29.2 Å². The van der Waals surface area contributed by atoms with Gasteiger partial charge in [0.25, 0.3) is 0 Å². The van der Waals surface area contributed by atoms with Crippen LogP contribution in [0.1, 0.15) is 0 Å². The number of halogens is 1. The van der Waals surface area contributed by atoms with Gasteiger partial charge in [-0.2, -0.15) is 0 Å². The maximum absolute atomic E-state index is 12.6. The van der Waals surface area contributed by atoms with Crippen molar-refractivity contribution in [3.63, 3.8) is 0 Å². The zero-order valence-electron chi connectivity index (χ0n) is 14.0. The van der Waals surface area contributed by atoms with Gasteiger partial charge in [-0.15, -0.1) is 0 Å². The van der Waals surface area contributed by atoms with Gasteiger partial charge in [0.05, 0.1) is 18.1 Å². The van der Waals surface area contributed by atoms with Gasteiger partial charge in [0.15, 0.2) is 0 Å². The largest absolute Gasteiger partial charge is 0.481 e. The molecule has 2 aliphatic rings. The minimum Gasteiger partial charge on any atom is -0.481 e. The van der Waals surface area contributed by atoms with Crippen LogP contribution in [0.25, 0.3) is 0 Å². The van der Waals surface area contributed by atoms with E-state index in [1.165, 1.54) is 0 Å². The maximum Gasteiger partial charge on any atom is 0.310 e. The number of carbonyl (C=O) groups excluding carboxylic acids is 1. The highest BCUT2D eigenvalue weighted by atomic mass is 35.5. The Hall–Kier alpha value is -2.83. The van der Waals surface area contributed by atoms with Gasteiger partial charge in [-0.3, -0.25) is 9.59 Å². The summed E-state index contributed by atoms with van der Waals surface area (Å²) in [7, 11) is 0. The first-order valence-corrected chi connectivity index (χ1v) is 8.80. The minimum atomic E-state index is -1.03. The molecule has 0 aromatic heterocycles. The molecule has 2 aromatic rings. The number of aliphatic carboxylic acids is 1. The van der Waals surface area contributed by atoms with E-state index in [0.717, 1.165) is 0 Å². The summed E-state index contributed by atoms with van der Waals surface area (Å²) in [6.45, 7) is 0. The second kappa shape index (κ2) is 7.06. The van der Waals surface area contributed by atoms with Crippen LogP contribution in [-0.2, 0) is 14.3 Å². The molecule has 0 saturated carbocycles. The summed E-state index contributed by atoms with van der Waals surface area (Å²) in [6, 6.07) is 13.8. The molecule has 0 spiro atoms. The van der Waals surface area contributed by atoms with E-state index in [9.17, 15) is 14.7 Å². The van der Waals surface area contributed by atoms with Crippen LogP contribution < -0.4 is 10.1 Å². The third-order valence-corrected chi connectivity index (χ3v) is 4.91. The number of hydrogen-bond acceptors (Lipinski definition) is 4. The molecule has 2 aromatic carbocycles. The zero-order chi connectivity index (χ0) is 19.0. The topological polar surface area (TPSA) is 84.9 Å². The lowest BCUT2D eigenvalue weighted by Crippen LogP contribution is -2.39. The Morgan fingerprint density at radius 3 is 2.07 bits per heavy atom. The summed E-state index contributed by atoms with van der Waals surface area (Å²) in [5.74, 6) is -1.77. The number of nitrogens with one attached hydrogen (secondary N) is 1. The lowest BCUT2D eigenvalue weighted by atomic mass is 9.82. The molecule has 27 heavy (non-hydrogen) atoms. The number of hydrogen-bond donors (Lipinski definition) is 2. The molecule has 4 atom stereocenters. The molecule has 0 radical (unpaired) electrons. The first-order chi connectivity index (χ1) is 13.0. The molecular weight excluding hydrogens is 370 g/mol. The smallest absolute Gasteiger partial charge is 0.310 e. The highest BCUT2D eigenvalue weighted by molar-refractivity contribution is 6.30. The molecule has 4 rings (SSSR count). The number of anilines is 1. The van der Waals surface area contributed by atoms with Crippen molar-refractivity contribution in [3.8, 4) is 11.5 Å². The summed E-state index contributed by atoms with van der Waals surface area (Å²) < 4.78 is 11.2. The van der Waals surface area contributed by atoms with Crippen molar-refractivity contribution in [1.82, 2.24) is 0 Å². The molecule has 2 bridgehead atoms. The third kappa shape index (κ3) is 3.54. The fourth-order valence-electron chi connectivity index (χ4n) is 3.39. The van der Waals surface area contributed by atoms with Gasteiger partial charge in [0, 0.05) is 10.7 Å². The van der Waals surface area contributed by atoms with Crippen LogP contribution in [0.5, 0.6) is 11.5 Å². The second-order valence-corrected chi connectivity index (χ2v) is 6.85. The number of fused-ring (bicyclic) bond motifs is 2. The van der Waals surface area contributed by atoms with E-state index in [1.807, 2.05) is 0 Å². The molecule has 2 N–H and O–H groups in total. The summed E-state index contributed by atoms with van der Waals surface area (Å²) in [5.41, 5.74) is 0.555. The van der Waals surface area contributed by atoms with Crippen LogP contribution in [0.2, 0.25) is 5.02 Å². The minimum absolute atomic E-state index is 0.370. The molecule has 0 aliphatic carbocycles. The van der Waals surface area contributed by atoms with Gasteiger partial charge >= 0.3 is 5.97 Å². The standard InChI is InChI=1S/C20H16ClNO5/c21-11-1-5-13(6-2-11)26-14-7-3-12(4-8-14)22-19(23)17-15-9-10-16(27-15)18(17)20(24)25/h1-10,15-18H,(H,22,23)(H,24,25)/t15-,16-,17-,18-/m1/s1. The zero-order valence-corrected chi connectivity index (χ0v) is 14.8. The average molecular weight is 386 g/mol. The van der Waals surface area contributed by atoms with Crippen molar-refractivity contribution in [1.29, 1.82) is 0 Å². The molecule has 7 heteroatoms. The average Bonchev–Trinajstić information content (AvgIpc) is 3.26. The lowest BCUT2D eigenvalue weighted by molar-refractivity contribution is -0.145. The predicted octanol–water partition coefficient (Wildman–Crippen LogP) is 3.73. The number of carboxylic acids is 1. The highest BCUT2D eigenvalue weighted by Crippen LogP contribution is 2.40. The summed E-state index contributed by atoms with van der Waals surface area (Å²) in [6.07, 6.45) is 2.41. The van der Waals surface area contributed by atoms with E-state index in [1.54, 1.807) is 60.7 Å². The fraction of sp³-hybridized carbons (Fsp3) is 0.200. The molecule has 2 heterocycles.